The Balaban J connectivity index is 2.07. The lowest BCUT2D eigenvalue weighted by Crippen LogP contribution is -2.45. The van der Waals surface area contributed by atoms with Gasteiger partial charge in [0.15, 0.2) is 0 Å². The predicted octanol–water partition coefficient (Wildman–Crippen LogP) is 2.66. The van der Waals surface area contributed by atoms with E-state index in [1.165, 1.54) is 4.90 Å². The topological polar surface area (TPSA) is 49.4 Å². The van der Waals surface area contributed by atoms with Gasteiger partial charge in [0, 0.05) is 23.4 Å². The van der Waals surface area contributed by atoms with Crippen molar-refractivity contribution in [3.05, 3.63) is 42.0 Å². The molecule has 0 saturated heterocycles. The highest BCUT2D eigenvalue weighted by Gasteiger charge is 2.36. The molecule has 0 bridgehead atoms. The number of hydrogen-bond acceptors (Lipinski definition) is 2. The van der Waals surface area contributed by atoms with Crippen LogP contribution in [0.15, 0.2) is 30.8 Å². The number of carbonyl (C=O) groups is 2. The Bertz CT molecular complexity index is 543. The van der Waals surface area contributed by atoms with Gasteiger partial charge in [-0.1, -0.05) is 38.6 Å². The van der Waals surface area contributed by atoms with Gasteiger partial charge in [0.2, 0.25) is 5.91 Å². The molecule has 0 aromatic heterocycles. The van der Waals surface area contributed by atoms with Crippen LogP contribution in [0, 0.1) is 5.92 Å². The van der Waals surface area contributed by atoms with Crippen LogP contribution >= 0.6 is 0 Å². The zero-order valence-electron chi connectivity index (χ0n) is 12.8. The Morgan fingerprint density at radius 2 is 1.86 bits per heavy atom. The van der Waals surface area contributed by atoms with Crippen molar-refractivity contribution < 1.29 is 9.59 Å². The number of rotatable bonds is 5. The lowest BCUT2D eigenvalue weighted by Gasteiger charge is -2.24. The van der Waals surface area contributed by atoms with Crippen LogP contribution < -0.4 is 5.32 Å². The van der Waals surface area contributed by atoms with Crippen molar-refractivity contribution in [3.8, 4) is 0 Å². The molecule has 1 aromatic rings. The normalized spacial score (nSPS) is 15.3. The molecule has 1 aliphatic rings. The summed E-state index contributed by atoms with van der Waals surface area (Å²) >= 11 is 0. The Morgan fingerprint density at radius 3 is 2.43 bits per heavy atom. The van der Waals surface area contributed by atoms with Gasteiger partial charge in [-0.15, -0.1) is 0 Å². The quantitative estimate of drug-likeness (QED) is 0.904. The van der Waals surface area contributed by atoms with Crippen molar-refractivity contribution in [1.82, 2.24) is 10.2 Å². The summed E-state index contributed by atoms with van der Waals surface area (Å²) in [7, 11) is 0. The highest BCUT2D eigenvalue weighted by Crippen LogP contribution is 2.32. The molecule has 0 radical (unpaired) electrons. The van der Waals surface area contributed by atoms with Gasteiger partial charge in [-0.05, 0) is 25.3 Å². The third kappa shape index (κ3) is 2.99. The zero-order chi connectivity index (χ0) is 15.6. The second-order valence-electron chi connectivity index (χ2n) is 5.82. The number of amides is 2. The summed E-state index contributed by atoms with van der Waals surface area (Å²) in [5, 5.41) is 2.88. The van der Waals surface area contributed by atoms with E-state index in [9.17, 15) is 9.59 Å². The van der Waals surface area contributed by atoms with E-state index in [0.717, 1.165) is 12.0 Å². The summed E-state index contributed by atoms with van der Waals surface area (Å²) in [6.45, 7) is 10.5. The summed E-state index contributed by atoms with van der Waals surface area (Å²) in [6.07, 6.45) is 0.924. The molecule has 1 aliphatic heterocycles. The fourth-order valence-corrected chi connectivity index (χ4v) is 2.46. The maximum Gasteiger partial charge on any atom is 0.259 e. The van der Waals surface area contributed by atoms with Crippen molar-refractivity contribution in [2.75, 3.05) is 6.54 Å². The van der Waals surface area contributed by atoms with Crippen LogP contribution in [0.25, 0.3) is 5.70 Å². The summed E-state index contributed by atoms with van der Waals surface area (Å²) in [4.78, 5) is 26.1. The van der Waals surface area contributed by atoms with Crippen LogP contribution in [0.5, 0.6) is 0 Å². The lowest BCUT2D eigenvalue weighted by atomic mass is 10.1. The SMILES string of the molecule is C=C1c2ccccc2C(=O)N1[C@@H](C)C(=O)NCCC(C)C. The molecule has 0 aliphatic carbocycles. The average molecular weight is 286 g/mol. The van der Waals surface area contributed by atoms with Crippen LogP contribution in [0.1, 0.15) is 43.1 Å². The minimum Gasteiger partial charge on any atom is -0.354 e. The first-order valence-corrected chi connectivity index (χ1v) is 7.33. The molecule has 21 heavy (non-hydrogen) atoms. The first-order chi connectivity index (χ1) is 9.93. The van der Waals surface area contributed by atoms with E-state index in [4.69, 9.17) is 0 Å². The van der Waals surface area contributed by atoms with Crippen LogP contribution in [-0.2, 0) is 4.79 Å². The van der Waals surface area contributed by atoms with Gasteiger partial charge < -0.3 is 5.32 Å². The van der Waals surface area contributed by atoms with Crippen LogP contribution in [0.4, 0.5) is 0 Å². The highest BCUT2D eigenvalue weighted by molar-refractivity contribution is 6.10. The molecule has 1 aromatic carbocycles. The summed E-state index contributed by atoms with van der Waals surface area (Å²) in [6, 6.07) is 6.77. The van der Waals surface area contributed by atoms with Gasteiger partial charge in [-0.25, -0.2) is 0 Å². The van der Waals surface area contributed by atoms with E-state index >= 15 is 0 Å². The number of nitrogens with zero attached hydrogens (tertiary/aromatic N) is 1. The molecule has 0 fully saturated rings. The second kappa shape index (κ2) is 6.12. The Labute approximate surface area is 125 Å². The Morgan fingerprint density at radius 1 is 1.24 bits per heavy atom. The fourth-order valence-electron chi connectivity index (χ4n) is 2.46. The number of fused-ring (bicyclic) bond motifs is 1. The molecule has 2 rings (SSSR count). The van der Waals surface area contributed by atoms with E-state index in [-0.39, 0.29) is 11.8 Å². The Kier molecular flexibility index (Phi) is 4.46. The fraction of sp³-hybridized carbons (Fsp3) is 0.412. The minimum absolute atomic E-state index is 0.141. The summed E-state index contributed by atoms with van der Waals surface area (Å²) in [5.41, 5.74) is 2.02. The van der Waals surface area contributed by atoms with E-state index in [0.29, 0.717) is 23.7 Å². The maximum absolute atomic E-state index is 12.4. The summed E-state index contributed by atoms with van der Waals surface area (Å²) in [5.74, 6) is 0.244. The number of carbonyl (C=O) groups excluding carboxylic acids is 2. The maximum atomic E-state index is 12.4. The van der Waals surface area contributed by atoms with Gasteiger partial charge in [0.1, 0.15) is 6.04 Å². The first kappa shape index (κ1) is 15.3. The van der Waals surface area contributed by atoms with Crippen molar-refractivity contribution in [2.24, 2.45) is 5.92 Å². The van der Waals surface area contributed by atoms with Crippen molar-refractivity contribution in [1.29, 1.82) is 0 Å². The number of hydrogen-bond donors (Lipinski definition) is 1. The van der Waals surface area contributed by atoms with Crippen molar-refractivity contribution in [3.63, 3.8) is 0 Å². The minimum atomic E-state index is -0.551. The van der Waals surface area contributed by atoms with Crippen molar-refractivity contribution in [2.45, 2.75) is 33.2 Å². The first-order valence-electron chi connectivity index (χ1n) is 7.33. The molecule has 0 saturated carbocycles. The van der Waals surface area contributed by atoms with Gasteiger partial charge >= 0.3 is 0 Å². The lowest BCUT2D eigenvalue weighted by molar-refractivity contribution is -0.124. The smallest absolute Gasteiger partial charge is 0.259 e. The third-order valence-electron chi connectivity index (χ3n) is 3.77. The monoisotopic (exact) mass is 286 g/mol. The predicted molar refractivity (Wildman–Crippen MR) is 83.6 cm³/mol. The number of benzene rings is 1. The van der Waals surface area contributed by atoms with E-state index in [1.807, 2.05) is 18.2 Å². The molecule has 4 nitrogen and oxygen atoms in total. The average Bonchev–Trinajstić information content (AvgIpc) is 2.70. The van der Waals surface area contributed by atoms with Crippen LogP contribution in [0.3, 0.4) is 0 Å². The van der Waals surface area contributed by atoms with Crippen LogP contribution in [-0.4, -0.2) is 29.3 Å². The van der Waals surface area contributed by atoms with Crippen molar-refractivity contribution >= 4 is 17.5 Å². The molecule has 1 N–H and O–H groups in total. The number of nitrogens with one attached hydrogen (secondary N) is 1. The molecule has 112 valence electrons. The molecular formula is C17H22N2O2. The largest absolute Gasteiger partial charge is 0.354 e. The second-order valence-corrected chi connectivity index (χ2v) is 5.82. The van der Waals surface area contributed by atoms with Gasteiger partial charge in [0.05, 0.1) is 0 Å². The standard InChI is InChI=1S/C17H22N2O2/c1-11(2)9-10-18-16(20)13(4)19-12(3)14-7-5-6-8-15(14)17(19)21/h5-8,11,13H,3,9-10H2,1-2,4H3,(H,18,20)/t13-/m0/s1. The molecule has 4 heteroatoms. The molecule has 1 atom stereocenters. The molecule has 0 unspecified atom stereocenters. The summed E-state index contributed by atoms with van der Waals surface area (Å²) < 4.78 is 0. The highest BCUT2D eigenvalue weighted by atomic mass is 16.2. The van der Waals surface area contributed by atoms with E-state index < -0.39 is 6.04 Å². The molecule has 1 heterocycles. The van der Waals surface area contributed by atoms with Crippen LogP contribution in [0.2, 0.25) is 0 Å². The molecule has 2 amide bonds. The van der Waals surface area contributed by atoms with E-state index in [1.54, 1.807) is 13.0 Å². The molecular weight excluding hydrogens is 264 g/mol. The molecule has 0 spiro atoms. The zero-order valence-corrected chi connectivity index (χ0v) is 12.8. The van der Waals surface area contributed by atoms with Gasteiger partial charge in [-0.3, -0.25) is 14.5 Å². The third-order valence-corrected chi connectivity index (χ3v) is 3.77. The van der Waals surface area contributed by atoms with E-state index in [2.05, 4.69) is 25.7 Å². The Hall–Kier alpha value is -2.10. The van der Waals surface area contributed by atoms with Gasteiger partial charge in [0.25, 0.3) is 5.91 Å². The van der Waals surface area contributed by atoms with Gasteiger partial charge in [-0.2, -0.15) is 0 Å².